The molecular weight excluding hydrogens is 440 g/mol. The SMILES string of the molecule is CC(C)NCc1cccc(C[PH+](C(C)(C)C)C(C)(C)C)n1.[CH-]=O.[Cl][RuH+2]. The van der Waals surface area contributed by atoms with Gasteiger partial charge < -0.3 is 10.1 Å². The zero-order chi connectivity index (χ0) is 20.3. The Morgan fingerprint density at radius 2 is 1.52 bits per heavy atom. The summed E-state index contributed by atoms with van der Waals surface area (Å²) in [6, 6.07) is 6.98. The Labute approximate surface area is 170 Å². The normalized spacial score (nSPS) is 11.5. The maximum absolute atomic E-state index is 7.75. The quantitative estimate of drug-likeness (QED) is 0.281. The number of nitrogens with one attached hydrogen (secondary N) is 1. The van der Waals surface area contributed by atoms with Gasteiger partial charge in [-0.15, -0.1) is 0 Å². The van der Waals surface area contributed by atoms with Gasteiger partial charge in [0.05, 0.1) is 27.9 Å². The van der Waals surface area contributed by atoms with Gasteiger partial charge in [-0.05, 0) is 53.7 Å². The molecule has 0 aliphatic carbocycles. The third-order valence-electron chi connectivity index (χ3n) is 3.72. The molecule has 0 bridgehead atoms. The van der Waals surface area contributed by atoms with E-state index in [1.807, 2.05) is 0 Å². The molecule has 0 saturated heterocycles. The third kappa shape index (κ3) is 12.2. The van der Waals surface area contributed by atoms with E-state index in [1.165, 1.54) is 5.69 Å². The Kier molecular flexibility index (Phi) is 14.6. The van der Waals surface area contributed by atoms with Crippen molar-refractivity contribution < 1.29 is 22.1 Å². The summed E-state index contributed by atoms with van der Waals surface area (Å²) in [5.74, 6) is 0. The summed E-state index contributed by atoms with van der Waals surface area (Å²) in [7, 11) is 4.05. The van der Waals surface area contributed by atoms with Gasteiger partial charge in [-0.25, -0.2) is 0 Å². The number of rotatable bonds is 5. The van der Waals surface area contributed by atoms with Crippen molar-refractivity contribution in [1.29, 1.82) is 0 Å². The van der Waals surface area contributed by atoms with E-state index < -0.39 is 7.92 Å². The van der Waals surface area contributed by atoms with Gasteiger partial charge in [-0.1, -0.05) is 19.9 Å². The molecule has 1 heterocycles. The molecule has 3 nitrogen and oxygen atoms in total. The van der Waals surface area contributed by atoms with Crippen molar-refractivity contribution in [2.75, 3.05) is 0 Å². The van der Waals surface area contributed by atoms with Gasteiger partial charge in [0.25, 0.3) is 0 Å². The summed E-state index contributed by atoms with van der Waals surface area (Å²) in [5, 5.41) is 4.22. The van der Waals surface area contributed by atoms with Crippen LogP contribution in [0.1, 0.15) is 66.8 Å². The third-order valence-corrected chi connectivity index (χ3v) is 8.06. The molecule has 0 unspecified atom stereocenters. The van der Waals surface area contributed by atoms with E-state index in [0.29, 0.717) is 16.4 Å². The number of hydrogen-bond donors (Lipinski definition) is 1. The molecule has 1 aromatic rings. The van der Waals surface area contributed by atoms with E-state index in [4.69, 9.17) is 9.78 Å². The Hall–Kier alpha value is 0.123. The van der Waals surface area contributed by atoms with Crippen LogP contribution in [0.3, 0.4) is 0 Å². The van der Waals surface area contributed by atoms with Crippen LogP contribution in [-0.2, 0) is 34.8 Å². The first-order valence-corrected chi connectivity index (χ1v) is 12.5. The Morgan fingerprint density at radius 3 is 1.92 bits per heavy atom. The summed E-state index contributed by atoms with van der Waals surface area (Å²) in [6.45, 7) is 22.8. The van der Waals surface area contributed by atoms with Crippen molar-refractivity contribution in [3.05, 3.63) is 29.6 Å². The van der Waals surface area contributed by atoms with Gasteiger partial charge in [0.15, 0.2) is 0 Å². The van der Waals surface area contributed by atoms with Gasteiger partial charge in [0.2, 0.25) is 0 Å². The summed E-state index contributed by atoms with van der Waals surface area (Å²) in [6.07, 6.45) is 1.15. The van der Waals surface area contributed by atoms with Crippen LogP contribution < -0.4 is 5.32 Å². The number of halogens is 1. The molecule has 0 saturated carbocycles. The molecular formula is C19H36ClN2OPRu+2. The van der Waals surface area contributed by atoms with E-state index in [-0.39, 0.29) is 0 Å². The first-order valence-electron chi connectivity index (χ1n) is 8.43. The molecule has 1 N–H and O–H groups in total. The first kappa shape index (κ1) is 27.3. The fourth-order valence-corrected chi connectivity index (χ4v) is 6.74. The zero-order valence-electron chi connectivity index (χ0n) is 16.9. The second kappa shape index (κ2) is 13.3. The number of pyridine rings is 1. The first-order chi connectivity index (χ1) is 11.5. The Balaban J connectivity index is 0. The summed E-state index contributed by atoms with van der Waals surface area (Å²) in [4.78, 5) is 12.6. The van der Waals surface area contributed by atoms with Crippen molar-refractivity contribution >= 4 is 24.4 Å². The van der Waals surface area contributed by atoms with Crippen molar-refractivity contribution in [3.63, 3.8) is 0 Å². The van der Waals surface area contributed by atoms with E-state index in [9.17, 15) is 0 Å². The minimum absolute atomic E-state index is 0.386. The van der Waals surface area contributed by atoms with E-state index in [2.05, 4.69) is 95.4 Å². The molecule has 1 aromatic heterocycles. The fourth-order valence-electron chi connectivity index (χ4n) is 2.87. The molecule has 0 radical (unpaired) electrons. The van der Waals surface area contributed by atoms with Crippen LogP contribution in [-0.4, -0.2) is 28.1 Å². The van der Waals surface area contributed by atoms with Gasteiger partial charge in [0, 0.05) is 20.5 Å². The van der Waals surface area contributed by atoms with Crippen molar-refractivity contribution in [1.82, 2.24) is 10.3 Å². The molecule has 0 spiro atoms. The van der Waals surface area contributed by atoms with Gasteiger partial charge in [-0.3, -0.25) is 11.8 Å². The monoisotopic (exact) mass is 476 g/mol. The maximum atomic E-state index is 7.75. The molecule has 146 valence electrons. The zero-order valence-corrected chi connectivity index (χ0v) is 20.5. The van der Waals surface area contributed by atoms with Crippen LogP contribution in [0.5, 0.6) is 0 Å². The molecule has 0 aliphatic rings. The second-order valence-electron chi connectivity index (χ2n) is 8.31. The van der Waals surface area contributed by atoms with E-state index >= 15 is 0 Å². The van der Waals surface area contributed by atoms with Crippen LogP contribution in [0.15, 0.2) is 18.2 Å². The fraction of sp³-hybridized carbons (Fsp3) is 0.684. The van der Waals surface area contributed by atoms with Crippen molar-refractivity contribution in [3.8, 4) is 0 Å². The Bertz CT molecular complexity index is 459. The van der Waals surface area contributed by atoms with Crippen LogP contribution in [0.25, 0.3) is 0 Å². The summed E-state index contributed by atoms with van der Waals surface area (Å²) < 4.78 is 0. The van der Waals surface area contributed by atoms with Gasteiger partial charge in [-0.2, -0.15) is 0 Å². The average molecular weight is 476 g/mol. The number of carbonyl (C=O) groups excluding carboxylic acids is 1. The molecule has 25 heavy (non-hydrogen) atoms. The summed E-state index contributed by atoms with van der Waals surface area (Å²) in [5.41, 5.74) is 2.42. The van der Waals surface area contributed by atoms with Crippen LogP contribution in [0, 0.1) is 0 Å². The average Bonchev–Trinajstić information content (AvgIpc) is 2.53. The van der Waals surface area contributed by atoms with Crippen molar-refractivity contribution in [2.45, 2.75) is 84.5 Å². The summed E-state index contributed by atoms with van der Waals surface area (Å²) >= 11 is 1.62. The second-order valence-corrected chi connectivity index (χ2v) is 12.6. The number of hydrogen-bond acceptors (Lipinski definition) is 3. The van der Waals surface area contributed by atoms with Crippen LogP contribution in [0.4, 0.5) is 0 Å². The molecule has 6 heteroatoms. The molecule has 0 atom stereocenters. The standard InChI is InChI=1S/C18H33N2P.CHO.ClH.Ru.H/c1-14(2)19-12-15-10-9-11-16(20-15)13-21(17(3,4)5)18(6,7)8;1-2;;;/h9-11,14,19H,12-13H2,1-8H3;1H;1H;;/q;-1;;+3;. The predicted octanol–water partition coefficient (Wildman–Crippen LogP) is 5.04. The number of aromatic nitrogens is 1. The Morgan fingerprint density at radius 1 is 1.08 bits per heavy atom. The van der Waals surface area contributed by atoms with E-state index in [0.717, 1.165) is 18.4 Å². The predicted molar refractivity (Wildman–Crippen MR) is 112 cm³/mol. The minimum atomic E-state index is -0.558. The number of nitrogens with zero attached hydrogens (tertiary/aromatic N) is 1. The molecule has 0 amide bonds. The molecule has 0 aliphatic heterocycles. The van der Waals surface area contributed by atoms with Crippen LogP contribution >= 0.6 is 17.6 Å². The topological polar surface area (TPSA) is 42.0 Å². The molecule has 0 fully saturated rings. The van der Waals surface area contributed by atoms with Crippen molar-refractivity contribution in [2.24, 2.45) is 0 Å². The molecule has 0 aromatic carbocycles. The van der Waals surface area contributed by atoms with Gasteiger partial charge >= 0.3 is 27.0 Å². The van der Waals surface area contributed by atoms with Gasteiger partial charge in [0.1, 0.15) is 0 Å². The van der Waals surface area contributed by atoms with E-state index in [1.54, 1.807) is 17.3 Å². The molecule has 1 rings (SSSR count). The van der Waals surface area contributed by atoms with Crippen LogP contribution in [0.2, 0.25) is 0 Å².